The number of phenolic OH excluding ortho intramolecular Hbond substituents is 1. The van der Waals surface area contributed by atoms with Gasteiger partial charge in [0.2, 0.25) is 0 Å². The van der Waals surface area contributed by atoms with E-state index in [1.54, 1.807) is 6.07 Å². The smallest absolute Gasteiger partial charge is 0.506 e. The van der Waals surface area contributed by atoms with Gasteiger partial charge in [-0.05, 0) is 70.2 Å². The number of aryl methyl sites for hydroxylation is 2. The number of phenols is 1. The third kappa shape index (κ3) is 4.90. The summed E-state index contributed by atoms with van der Waals surface area (Å²) in [6.45, 7) is 10.4. The summed E-state index contributed by atoms with van der Waals surface area (Å²) in [6.07, 6.45) is 1.11. The Morgan fingerprint density at radius 1 is 1.04 bits per heavy atom. The van der Waals surface area contributed by atoms with Crippen LogP contribution >= 0.6 is 8.03 Å². The molecule has 0 amide bonds. The summed E-state index contributed by atoms with van der Waals surface area (Å²) in [5, 5.41) is 10.0. The maximum atomic E-state index is 11.1. The molecule has 0 heterocycles. The lowest BCUT2D eigenvalue weighted by Gasteiger charge is -2.16. The molecule has 2 unspecified atom stereocenters. The van der Waals surface area contributed by atoms with Crippen molar-refractivity contribution in [2.75, 3.05) is 6.16 Å². The average Bonchev–Trinajstić information content (AvgIpc) is 2.51. The van der Waals surface area contributed by atoms with Crippen molar-refractivity contribution in [3.8, 4) is 5.75 Å². The Morgan fingerprint density at radius 2 is 1.64 bits per heavy atom. The minimum Gasteiger partial charge on any atom is -0.508 e. The molecule has 0 saturated carbocycles. The largest absolute Gasteiger partial charge is 0.508 e. The Labute approximate surface area is 151 Å². The van der Waals surface area contributed by atoms with Crippen molar-refractivity contribution in [2.45, 2.75) is 52.9 Å². The summed E-state index contributed by atoms with van der Waals surface area (Å²) in [6, 6.07) is 10.1. The van der Waals surface area contributed by atoms with Crippen molar-refractivity contribution in [1.29, 1.82) is 0 Å². The normalized spacial score (nSPS) is 13.2. The fourth-order valence-corrected chi connectivity index (χ4v) is 3.99. The molecule has 2 atom stereocenters. The Hall–Kier alpha value is -1.70. The van der Waals surface area contributed by atoms with E-state index in [1.165, 1.54) is 22.3 Å². The molecular weight excluding hydrogens is 331 g/mol. The van der Waals surface area contributed by atoms with Gasteiger partial charge in [0.1, 0.15) is 5.75 Å². The Morgan fingerprint density at radius 3 is 2.16 bits per heavy atom. The molecular formula is C21H28O3P+. The first-order valence-corrected chi connectivity index (χ1v) is 10.1. The second-order valence-electron chi connectivity index (χ2n) is 7.29. The predicted molar refractivity (Wildman–Crippen MR) is 104 cm³/mol. The van der Waals surface area contributed by atoms with Crippen molar-refractivity contribution in [1.82, 2.24) is 0 Å². The number of hydrogen-bond acceptors (Lipinski definition) is 2. The van der Waals surface area contributed by atoms with Crippen molar-refractivity contribution in [2.24, 2.45) is 0 Å². The summed E-state index contributed by atoms with van der Waals surface area (Å²) in [7, 11) is -2.12. The van der Waals surface area contributed by atoms with Gasteiger partial charge < -0.3 is 5.11 Å². The van der Waals surface area contributed by atoms with Crippen LogP contribution < -0.4 is 0 Å². The maximum Gasteiger partial charge on any atom is 0.506 e. The molecule has 25 heavy (non-hydrogen) atoms. The van der Waals surface area contributed by atoms with Crippen LogP contribution in [-0.4, -0.2) is 16.2 Å². The van der Waals surface area contributed by atoms with E-state index < -0.39 is 8.03 Å². The summed E-state index contributed by atoms with van der Waals surface area (Å²) < 4.78 is 11.1. The van der Waals surface area contributed by atoms with Gasteiger partial charge in [-0.15, -0.1) is 0 Å². The van der Waals surface area contributed by atoms with Crippen LogP contribution in [0.25, 0.3) is 0 Å². The zero-order valence-electron chi connectivity index (χ0n) is 15.7. The van der Waals surface area contributed by atoms with Crippen LogP contribution in [0.5, 0.6) is 5.75 Å². The molecule has 2 N–H and O–H groups in total. The average molecular weight is 359 g/mol. The van der Waals surface area contributed by atoms with Gasteiger partial charge in [-0.2, -0.15) is 4.89 Å². The first kappa shape index (κ1) is 19.6. The lowest BCUT2D eigenvalue weighted by Crippen LogP contribution is -2.03. The lowest BCUT2D eigenvalue weighted by molar-refractivity contribution is 0.464. The molecule has 0 bridgehead atoms. The SMILES string of the molecule is Cc1cc(C(C)C[P+](=O)O)cc(C)c1Cc1ccc(O)c(C(C)C)c1. The monoisotopic (exact) mass is 359 g/mol. The van der Waals surface area contributed by atoms with E-state index in [2.05, 4.69) is 45.9 Å². The van der Waals surface area contributed by atoms with Gasteiger partial charge in [-0.3, -0.25) is 0 Å². The highest BCUT2D eigenvalue weighted by molar-refractivity contribution is 7.38. The number of aromatic hydroxyl groups is 1. The molecule has 2 rings (SSSR count). The molecule has 4 heteroatoms. The first-order valence-electron chi connectivity index (χ1n) is 8.74. The molecule has 134 valence electrons. The lowest BCUT2D eigenvalue weighted by atomic mass is 9.89. The standard InChI is InChI=1S/C21H27O3P/c1-13(2)19-10-17(6-7-21(19)22)11-20-14(3)8-18(9-15(20)4)16(5)12-25(23)24/h6-10,13,16H,11-12H2,1-5H3,(H-,22,23,24)/p+1. The summed E-state index contributed by atoms with van der Waals surface area (Å²) in [5.41, 5.74) is 6.97. The quantitative estimate of drug-likeness (QED) is 0.664. The van der Waals surface area contributed by atoms with Gasteiger partial charge >= 0.3 is 8.03 Å². The molecule has 0 aliphatic rings. The molecule has 0 saturated heterocycles. The molecule has 0 spiro atoms. The molecule has 2 aromatic rings. The van der Waals surface area contributed by atoms with Gasteiger partial charge in [-0.25, -0.2) is 0 Å². The van der Waals surface area contributed by atoms with Crippen molar-refractivity contribution in [3.05, 3.63) is 63.7 Å². The second-order valence-corrected chi connectivity index (χ2v) is 8.36. The van der Waals surface area contributed by atoms with Gasteiger partial charge in [0, 0.05) is 5.92 Å². The van der Waals surface area contributed by atoms with Crippen LogP contribution in [-0.2, 0) is 11.0 Å². The molecule has 0 aliphatic carbocycles. The first-order chi connectivity index (χ1) is 11.7. The van der Waals surface area contributed by atoms with E-state index in [1.807, 2.05) is 13.0 Å². The molecule has 0 aromatic heterocycles. The van der Waals surface area contributed by atoms with Crippen LogP contribution in [0.2, 0.25) is 0 Å². The maximum absolute atomic E-state index is 11.1. The van der Waals surface area contributed by atoms with Gasteiger partial charge in [0.25, 0.3) is 0 Å². The molecule has 3 nitrogen and oxygen atoms in total. The van der Waals surface area contributed by atoms with Crippen molar-refractivity contribution < 1.29 is 14.6 Å². The van der Waals surface area contributed by atoms with Gasteiger partial charge in [0.15, 0.2) is 6.16 Å². The molecule has 2 aromatic carbocycles. The summed E-state index contributed by atoms with van der Waals surface area (Å²) >= 11 is 0. The molecule has 0 radical (unpaired) electrons. The highest BCUT2D eigenvalue weighted by Gasteiger charge is 2.20. The van der Waals surface area contributed by atoms with Crippen molar-refractivity contribution >= 4 is 8.03 Å². The third-order valence-corrected chi connectivity index (χ3v) is 5.67. The van der Waals surface area contributed by atoms with E-state index in [-0.39, 0.29) is 11.8 Å². The van der Waals surface area contributed by atoms with Gasteiger partial charge in [-0.1, -0.05) is 45.0 Å². The van der Waals surface area contributed by atoms with Crippen LogP contribution in [0.3, 0.4) is 0 Å². The summed E-state index contributed by atoms with van der Waals surface area (Å²) in [5.74, 6) is 0.710. The molecule has 0 aliphatic heterocycles. The van der Waals surface area contributed by atoms with E-state index in [0.29, 0.717) is 11.9 Å². The fourth-order valence-electron chi connectivity index (χ4n) is 3.31. The van der Waals surface area contributed by atoms with E-state index >= 15 is 0 Å². The minimum absolute atomic E-state index is 0.0706. The number of hydrogen-bond donors (Lipinski definition) is 2. The van der Waals surface area contributed by atoms with E-state index in [4.69, 9.17) is 4.89 Å². The van der Waals surface area contributed by atoms with Gasteiger partial charge in [0.05, 0.1) is 0 Å². The minimum atomic E-state index is -2.12. The fraction of sp³-hybridized carbons (Fsp3) is 0.429. The Balaban J connectivity index is 2.32. The van der Waals surface area contributed by atoms with Crippen LogP contribution in [0.4, 0.5) is 0 Å². The van der Waals surface area contributed by atoms with Crippen LogP contribution in [0.15, 0.2) is 30.3 Å². The second kappa shape index (κ2) is 8.12. The molecule has 0 fully saturated rings. The predicted octanol–water partition coefficient (Wildman–Crippen LogP) is 5.56. The van der Waals surface area contributed by atoms with Crippen LogP contribution in [0, 0.1) is 13.8 Å². The van der Waals surface area contributed by atoms with E-state index in [0.717, 1.165) is 17.5 Å². The summed E-state index contributed by atoms with van der Waals surface area (Å²) in [4.78, 5) is 9.15. The highest BCUT2D eigenvalue weighted by Crippen LogP contribution is 2.31. The Bertz CT molecular complexity index is 758. The van der Waals surface area contributed by atoms with Crippen molar-refractivity contribution in [3.63, 3.8) is 0 Å². The number of rotatable bonds is 6. The van der Waals surface area contributed by atoms with Crippen LogP contribution in [0.1, 0.15) is 66.0 Å². The third-order valence-electron chi connectivity index (χ3n) is 4.81. The zero-order valence-corrected chi connectivity index (χ0v) is 16.6. The topological polar surface area (TPSA) is 57.5 Å². The number of benzene rings is 2. The highest BCUT2D eigenvalue weighted by atomic mass is 31.1. The Kier molecular flexibility index (Phi) is 6.37. The zero-order chi connectivity index (χ0) is 18.7. The van der Waals surface area contributed by atoms with E-state index in [9.17, 15) is 9.67 Å².